The lowest BCUT2D eigenvalue weighted by molar-refractivity contribution is -0.113. The van der Waals surface area contributed by atoms with Crippen molar-refractivity contribution in [2.75, 3.05) is 24.3 Å². The van der Waals surface area contributed by atoms with Crippen molar-refractivity contribution in [3.05, 3.63) is 35.2 Å². The van der Waals surface area contributed by atoms with Gasteiger partial charge in [0.15, 0.2) is 11.5 Å². The SMILES string of the molecule is N#Cc1ccsc1NC(=O)CSc1ccc2c(c1)OCCCO2. The summed E-state index contributed by atoms with van der Waals surface area (Å²) in [4.78, 5) is 12.9. The molecule has 2 heterocycles. The first-order chi connectivity index (χ1) is 11.3. The molecule has 23 heavy (non-hydrogen) atoms. The number of ether oxygens (including phenoxy) is 2. The fourth-order valence-corrected chi connectivity index (χ4v) is 3.52. The molecule has 1 amide bonds. The van der Waals surface area contributed by atoms with Crippen molar-refractivity contribution < 1.29 is 14.3 Å². The highest BCUT2D eigenvalue weighted by molar-refractivity contribution is 8.00. The fraction of sp³-hybridized carbons (Fsp3) is 0.250. The molecule has 1 N–H and O–H groups in total. The standard InChI is InChI=1S/C16H14N2O3S2/c17-9-11-4-7-22-16(11)18-15(19)10-23-12-2-3-13-14(8-12)21-6-1-5-20-13/h2-4,7-8H,1,5-6,10H2,(H,18,19). The third-order valence-electron chi connectivity index (χ3n) is 3.13. The van der Waals surface area contributed by atoms with Gasteiger partial charge < -0.3 is 14.8 Å². The number of carbonyl (C=O) groups excluding carboxylic acids is 1. The number of anilines is 1. The molecule has 0 saturated heterocycles. The smallest absolute Gasteiger partial charge is 0.235 e. The van der Waals surface area contributed by atoms with Crippen LogP contribution in [0.25, 0.3) is 0 Å². The van der Waals surface area contributed by atoms with Crippen molar-refractivity contribution >= 4 is 34.0 Å². The van der Waals surface area contributed by atoms with Gasteiger partial charge in [0.2, 0.25) is 5.91 Å². The van der Waals surface area contributed by atoms with Crippen molar-refractivity contribution in [1.29, 1.82) is 5.26 Å². The topological polar surface area (TPSA) is 71.4 Å². The van der Waals surface area contributed by atoms with Crippen molar-refractivity contribution in [2.45, 2.75) is 11.3 Å². The number of carbonyl (C=O) groups is 1. The molecule has 1 aliphatic rings. The van der Waals surface area contributed by atoms with Gasteiger partial charge in [-0.2, -0.15) is 5.26 Å². The highest BCUT2D eigenvalue weighted by atomic mass is 32.2. The second-order valence-corrected chi connectivity index (χ2v) is 6.74. The Balaban J connectivity index is 1.59. The maximum absolute atomic E-state index is 12.0. The highest BCUT2D eigenvalue weighted by Gasteiger charge is 2.12. The Labute approximate surface area is 142 Å². The number of fused-ring (bicyclic) bond motifs is 1. The molecule has 0 aliphatic carbocycles. The predicted molar refractivity (Wildman–Crippen MR) is 90.4 cm³/mol. The Bertz CT molecular complexity index is 752. The minimum Gasteiger partial charge on any atom is -0.490 e. The molecule has 118 valence electrons. The van der Waals surface area contributed by atoms with E-state index in [-0.39, 0.29) is 11.7 Å². The largest absolute Gasteiger partial charge is 0.490 e. The summed E-state index contributed by atoms with van der Waals surface area (Å²) in [6, 6.07) is 9.42. The van der Waals surface area contributed by atoms with Crippen LogP contribution in [0.2, 0.25) is 0 Å². The van der Waals surface area contributed by atoms with Gasteiger partial charge in [-0.15, -0.1) is 23.1 Å². The van der Waals surface area contributed by atoms with Crippen LogP contribution in [0.3, 0.4) is 0 Å². The van der Waals surface area contributed by atoms with Gasteiger partial charge in [-0.25, -0.2) is 0 Å². The van der Waals surface area contributed by atoms with E-state index in [4.69, 9.17) is 14.7 Å². The minimum atomic E-state index is -0.138. The first-order valence-corrected chi connectivity index (χ1v) is 8.92. The van der Waals surface area contributed by atoms with Gasteiger partial charge in [0.25, 0.3) is 0 Å². The van der Waals surface area contributed by atoms with E-state index < -0.39 is 0 Å². The number of thioether (sulfide) groups is 1. The molecule has 0 radical (unpaired) electrons. The van der Waals surface area contributed by atoms with Crippen LogP contribution in [0.5, 0.6) is 11.5 Å². The Kier molecular flexibility index (Phi) is 5.05. The normalized spacial score (nSPS) is 13.0. The second kappa shape index (κ2) is 7.40. The minimum absolute atomic E-state index is 0.138. The summed E-state index contributed by atoms with van der Waals surface area (Å²) < 4.78 is 11.2. The van der Waals surface area contributed by atoms with Crippen LogP contribution in [-0.4, -0.2) is 24.9 Å². The van der Waals surface area contributed by atoms with Gasteiger partial charge in [-0.3, -0.25) is 4.79 Å². The molecule has 3 rings (SSSR count). The molecule has 7 heteroatoms. The summed E-state index contributed by atoms with van der Waals surface area (Å²) in [5, 5.41) is 14.1. The number of thiophene rings is 1. The zero-order valence-corrected chi connectivity index (χ0v) is 13.8. The van der Waals surface area contributed by atoms with Crippen molar-refractivity contribution in [2.24, 2.45) is 0 Å². The number of amides is 1. The number of benzene rings is 1. The summed E-state index contributed by atoms with van der Waals surface area (Å²) in [6.07, 6.45) is 0.863. The predicted octanol–water partition coefficient (Wildman–Crippen LogP) is 3.51. The molecule has 0 saturated carbocycles. The molecule has 0 fully saturated rings. The lowest BCUT2D eigenvalue weighted by atomic mass is 10.3. The zero-order valence-electron chi connectivity index (χ0n) is 12.2. The number of hydrogen-bond donors (Lipinski definition) is 1. The molecular formula is C16H14N2O3S2. The fourth-order valence-electron chi connectivity index (χ4n) is 2.04. The summed E-state index contributed by atoms with van der Waals surface area (Å²) >= 11 is 2.76. The zero-order chi connectivity index (χ0) is 16.1. The highest BCUT2D eigenvalue weighted by Crippen LogP contribution is 2.34. The maximum atomic E-state index is 12.0. The third kappa shape index (κ3) is 3.97. The first-order valence-electron chi connectivity index (χ1n) is 7.06. The Morgan fingerprint density at radius 1 is 1.30 bits per heavy atom. The van der Waals surface area contributed by atoms with Crippen molar-refractivity contribution in [3.8, 4) is 17.6 Å². The number of nitriles is 1. The number of rotatable bonds is 4. The van der Waals surface area contributed by atoms with Crippen molar-refractivity contribution in [1.82, 2.24) is 0 Å². The van der Waals surface area contributed by atoms with Gasteiger partial charge in [-0.1, -0.05) is 0 Å². The van der Waals surface area contributed by atoms with E-state index in [0.29, 0.717) is 23.8 Å². The summed E-state index contributed by atoms with van der Waals surface area (Å²) in [7, 11) is 0. The number of nitrogens with one attached hydrogen (secondary N) is 1. The van der Waals surface area contributed by atoms with Crippen LogP contribution in [0.1, 0.15) is 12.0 Å². The van der Waals surface area contributed by atoms with Gasteiger partial charge in [-0.05, 0) is 29.6 Å². The van der Waals surface area contributed by atoms with E-state index in [1.165, 1.54) is 23.1 Å². The Hall–Kier alpha value is -2.17. The monoisotopic (exact) mass is 346 g/mol. The van der Waals surface area contributed by atoms with Crippen LogP contribution < -0.4 is 14.8 Å². The summed E-state index contributed by atoms with van der Waals surface area (Å²) in [6.45, 7) is 1.29. The molecule has 0 spiro atoms. The third-order valence-corrected chi connectivity index (χ3v) is 4.95. The van der Waals surface area contributed by atoms with Crippen LogP contribution in [-0.2, 0) is 4.79 Å². The van der Waals surface area contributed by atoms with E-state index in [1.807, 2.05) is 18.2 Å². The van der Waals surface area contributed by atoms with E-state index in [9.17, 15) is 4.79 Å². The van der Waals surface area contributed by atoms with Crippen LogP contribution in [0.15, 0.2) is 34.5 Å². The number of hydrogen-bond acceptors (Lipinski definition) is 6. The van der Waals surface area contributed by atoms with Gasteiger partial charge in [0, 0.05) is 11.3 Å². The lowest BCUT2D eigenvalue weighted by Crippen LogP contribution is -2.13. The second-order valence-electron chi connectivity index (χ2n) is 4.77. The van der Waals surface area contributed by atoms with Gasteiger partial charge >= 0.3 is 0 Å². The maximum Gasteiger partial charge on any atom is 0.235 e. The Morgan fingerprint density at radius 3 is 2.96 bits per heavy atom. The first kappa shape index (κ1) is 15.7. The average Bonchev–Trinajstić information content (AvgIpc) is 2.87. The molecule has 1 aromatic heterocycles. The van der Waals surface area contributed by atoms with E-state index in [1.54, 1.807) is 11.4 Å². The molecule has 0 unspecified atom stereocenters. The quantitative estimate of drug-likeness (QED) is 0.858. The van der Waals surface area contributed by atoms with Gasteiger partial charge in [0.1, 0.15) is 11.1 Å². The molecule has 1 aliphatic heterocycles. The van der Waals surface area contributed by atoms with Crippen LogP contribution in [0, 0.1) is 11.3 Å². The molecule has 1 aromatic carbocycles. The summed E-state index contributed by atoms with van der Waals surface area (Å²) in [5.41, 5.74) is 0.490. The van der Waals surface area contributed by atoms with E-state index >= 15 is 0 Å². The molecular weight excluding hydrogens is 332 g/mol. The Morgan fingerprint density at radius 2 is 2.13 bits per heavy atom. The van der Waals surface area contributed by atoms with Crippen LogP contribution >= 0.6 is 23.1 Å². The van der Waals surface area contributed by atoms with E-state index in [2.05, 4.69) is 11.4 Å². The summed E-state index contributed by atoms with van der Waals surface area (Å²) in [5.74, 6) is 1.59. The number of nitrogens with zero attached hydrogens (tertiary/aromatic N) is 1. The molecule has 5 nitrogen and oxygen atoms in total. The average molecular weight is 346 g/mol. The molecule has 0 atom stereocenters. The van der Waals surface area contributed by atoms with E-state index in [0.717, 1.165) is 22.8 Å². The van der Waals surface area contributed by atoms with Crippen molar-refractivity contribution in [3.63, 3.8) is 0 Å². The van der Waals surface area contributed by atoms with Gasteiger partial charge in [0.05, 0.1) is 24.5 Å². The van der Waals surface area contributed by atoms with Crippen LogP contribution in [0.4, 0.5) is 5.00 Å². The lowest BCUT2D eigenvalue weighted by Gasteiger charge is -2.09. The molecule has 2 aromatic rings. The molecule has 0 bridgehead atoms.